The first-order valence-electron chi connectivity index (χ1n) is 4.28. The molecule has 0 heterocycles. The van der Waals surface area contributed by atoms with Crippen molar-refractivity contribution >= 4 is 23.4 Å². The maximum atomic E-state index is 5.50. The third-order valence-electron chi connectivity index (χ3n) is 1.57. The molecule has 0 N–H and O–H groups in total. The minimum atomic E-state index is 0.795. The average Bonchev–Trinajstić information content (AvgIpc) is 2.25. The van der Waals surface area contributed by atoms with Crippen LogP contribution < -0.4 is 0 Å². The van der Waals surface area contributed by atoms with Gasteiger partial charge in [0.25, 0.3) is 0 Å². The van der Waals surface area contributed by atoms with Gasteiger partial charge in [-0.15, -0.1) is 0 Å². The van der Waals surface area contributed by atoms with Gasteiger partial charge in [0.05, 0.1) is 0 Å². The summed E-state index contributed by atoms with van der Waals surface area (Å²) in [5, 5.41) is 3.00. The molecule has 0 nitrogen and oxygen atoms in total. The van der Waals surface area contributed by atoms with E-state index >= 15 is 0 Å². The molecule has 0 aromatic heterocycles. The van der Waals surface area contributed by atoms with Crippen LogP contribution >= 0.6 is 23.4 Å². The highest BCUT2D eigenvalue weighted by atomic mass is 35.5. The van der Waals surface area contributed by atoms with E-state index in [9.17, 15) is 0 Å². The number of thioether (sulfide) groups is 1. The smallest absolute Gasteiger partial charge is 0.0349 e. The molecule has 0 saturated heterocycles. The quantitative estimate of drug-likeness (QED) is 0.681. The summed E-state index contributed by atoms with van der Waals surface area (Å²) in [6.07, 6.45) is 0.795. The lowest BCUT2D eigenvalue weighted by Gasteiger charge is -1.91. The predicted molar refractivity (Wildman–Crippen MR) is 65.1 cm³/mol. The van der Waals surface area contributed by atoms with Gasteiger partial charge >= 0.3 is 0 Å². The minimum Gasteiger partial charge on any atom is -0.0921 e. The molecule has 1 aromatic rings. The van der Waals surface area contributed by atoms with Gasteiger partial charge in [-0.05, 0) is 29.5 Å². The number of allylic oxidation sites excluding steroid dienone is 1. The molecule has 0 saturated carbocycles. The van der Waals surface area contributed by atoms with Crippen LogP contribution in [-0.2, 0) is 6.42 Å². The predicted octanol–water partition coefficient (Wildman–Crippen LogP) is 4.02. The van der Waals surface area contributed by atoms with E-state index < -0.39 is 0 Å². The Morgan fingerprint density at radius 3 is 2.79 bits per heavy atom. The minimum absolute atomic E-state index is 0.795. The van der Waals surface area contributed by atoms with Crippen molar-refractivity contribution in [3.05, 3.63) is 46.3 Å². The summed E-state index contributed by atoms with van der Waals surface area (Å²) in [6, 6.07) is 10.2. The van der Waals surface area contributed by atoms with E-state index in [2.05, 4.69) is 23.3 Å². The molecule has 14 heavy (non-hydrogen) atoms. The van der Waals surface area contributed by atoms with Gasteiger partial charge in [-0.2, -0.15) is 0 Å². The van der Waals surface area contributed by atoms with Crippen molar-refractivity contribution in [2.45, 2.75) is 13.3 Å². The van der Waals surface area contributed by atoms with Crippen molar-refractivity contribution in [3.8, 4) is 11.2 Å². The second-order valence-corrected chi connectivity index (χ2v) is 4.03. The molecule has 0 unspecified atom stereocenters. The van der Waals surface area contributed by atoms with Crippen LogP contribution in [-0.4, -0.2) is 0 Å². The summed E-state index contributed by atoms with van der Waals surface area (Å²) in [6.45, 7) is 1.94. The molecule has 0 aliphatic carbocycles. The van der Waals surface area contributed by atoms with Crippen molar-refractivity contribution in [1.82, 2.24) is 0 Å². The van der Waals surface area contributed by atoms with Crippen LogP contribution in [0.5, 0.6) is 0 Å². The van der Waals surface area contributed by atoms with Gasteiger partial charge < -0.3 is 0 Å². The average molecular weight is 223 g/mol. The van der Waals surface area contributed by atoms with Crippen LogP contribution in [0.1, 0.15) is 12.5 Å². The highest BCUT2D eigenvalue weighted by Gasteiger charge is 1.86. The highest BCUT2D eigenvalue weighted by molar-refractivity contribution is 8.07. The summed E-state index contributed by atoms with van der Waals surface area (Å²) in [5.74, 6) is 3.08. The van der Waals surface area contributed by atoms with Gasteiger partial charge in [0.15, 0.2) is 0 Å². The topological polar surface area (TPSA) is 0 Å². The molecule has 0 atom stereocenters. The van der Waals surface area contributed by atoms with E-state index in [4.69, 9.17) is 11.6 Å². The summed E-state index contributed by atoms with van der Waals surface area (Å²) in [4.78, 5) is 1.02. The van der Waals surface area contributed by atoms with Gasteiger partial charge in [-0.1, -0.05) is 47.9 Å². The molecule has 0 radical (unpaired) electrons. The normalized spacial score (nSPS) is 10.6. The summed E-state index contributed by atoms with van der Waals surface area (Å²) in [7, 11) is 0. The molecule has 0 bridgehead atoms. The van der Waals surface area contributed by atoms with Crippen molar-refractivity contribution in [2.24, 2.45) is 0 Å². The fourth-order valence-corrected chi connectivity index (χ4v) is 1.36. The van der Waals surface area contributed by atoms with Crippen molar-refractivity contribution in [2.75, 3.05) is 0 Å². The van der Waals surface area contributed by atoms with E-state index in [1.54, 1.807) is 5.54 Å². The Balaban J connectivity index is 2.41. The van der Waals surface area contributed by atoms with Crippen LogP contribution in [0, 0.1) is 11.2 Å². The first-order valence-corrected chi connectivity index (χ1v) is 5.54. The molecular formula is C12H11ClS. The van der Waals surface area contributed by atoms with Crippen LogP contribution in [0.4, 0.5) is 0 Å². The number of halogens is 1. The molecule has 0 amide bonds. The van der Waals surface area contributed by atoms with E-state index in [0.29, 0.717) is 0 Å². The molecule has 1 rings (SSSR count). The molecule has 0 aliphatic rings. The maximum Gasteiger partial charge on any atom is 0.0349 e. The molecular weight excluding hydrogens is 212 g/mol. The number of hydrogen-bond donors (Lipinski definition) is 0. The molecule has 0 aliphatic heterocycles. The van der Waals surface area contributed by atoms with E-state index in [1.807, 2.05) is 25.1 Å². The van der Waals surface area contributed by atoms with Crippen LogP contribution in [0.2, 0.25) is 0 Å². The Bertz CT molecular complexity index is 357. The first-order chi connectivity index (χ1) is 6.83. The Kier molecular flexibility index (Phi) is 5.29. The second-order valence-electron chi connectivity index (χ2n) is 2.76. The van der Waals surface area contributed by atoms with Gasteiger partial charge in [-0.3, -0.25) is 0 Å². The van der Waals surface area contributed by atoms with Crippen molar-refractivity contribution < 1.29 is 0 Å². The lowest BCUT2D eigenvalue weighted by molar-refractivity contribution is 1.32. The second kappa shape index (κ2) is 6.59. The SMILES string of the molecule is C/C(=C\Cl)SC#CCc1ccccc1. The Labute approximate surface area is 94.4 Å². The highest BCUT2D eigenvalue weighted by Crippen LogP contribution is 2.13. The number of benzene rings is 1. The summed E-state index contributed by atoms with van der Waals surface area (Å²) < 4.78 is 0. The van der Waals surface area contributed by atoms with E-state index in [0.717, 1.165) is 11.3 Å². The zero-order valence-electron chi connectivity index (χ0n) is 7.96. The largest absolute Gasteiger partial charge is 0.0921 e. The van der Waals surface area contributed by atoms with E-state index in [1.165, 1.54) is 17.3 Å². The third-order valence-corrected chi connectivity index (χ3v) is 2.72. The zero-order chi connectivity index (χ0) is 10.2. The Morgan fingerprint density at radius 1 is 1.43 bits per heavy atom. The number of hydrogen-bond acceptors (Lipinski definition) is 1. The molecule has 1 aromatic carbocycles. The van der Waals surface area contributed by atoms with Gasteiger partial charge in [0.2, 0.25) is 0 Å². The summed E-state index contributed by atoms with van der Waals surface area (Å²) in [5.41, 5.74) is 2.79. The summed E-state index contributed by atoms with van der Waals surface area (Å²) >= 11 is 6.96. The fourth-order valence-electron chi connectivity index (χ4n) is 0.873. The third kappa shape index (κ3) is 4.41. The number of rotatable bonds is 2. The zero-order valence-corrected chi connectivity index (χ0v) is 9.53. The standard InChI is InChI=1S/C12H11ClS/c1-11(10-13)14-9-5-8-12-6-3-2-4-7-12/h2-4,6-7,10H,8H2,1H3/b11-10+. The Hall–Kier alpha value is -0.840. The molecule has 2 heteroatoms. The van der Waals surface area contributed by atoms with Crippen LogP contribution in [0.3, 0.4) is 0 Å². The Morgan fingerprint density at radius 2 is 2.14 bits per heavy atom. The van der Waals surface area contributed by atoms with Gasteiger partial charge in [0.1, 0.15) is 0 Å². The molecule has 0 spiro atoms. The lowest BCUT2D eigenvalue weighted by atomic mass is 10.2. The van der Waals surface area contributed by atoms with Gasteiger partial charge in [0, 0.05) is 16.9 Å². The van der Waals surface area contributed by atoms with Crippen molar-refractivity contribution in [3.63, 3.8) is 0 Å². The van der Waals surface area contributed by atoms with Gasteiger partial charge in [-0.25, -0.2) is 0 Å². The molecule has 0 fully saturated rings. The van der Waals surface area contributed by atoms with E-state index in [-0.39, 0.29) is 0 Å². The fraction of sp³-hybridized carbons (Fsp3) is 0.167. The van der Waals surface area contributed by atoms with Crippen molar-refractivity contribution in [1.29, 1.82) is 0 Å². The first kappa shape index (κ1) is 11.2. The monoisotopic (exact) mass is 222 g/mol. The van der Waals surface area contributed by atoms with Crippen LogP contribution in [0.25, 0.3) is 0 Å². The molecule has 72 valence electrons. The van der Waals surface area contributed by atoms with Crippen LogP contribution in [0.15, 0.2) is 40.8 Å². The maximum absolute atomic E-state index is 5.50. The lowest BCUT2D eigenvalue weighted by Crippen LogP contribution is -1.77.